The quantitative estimate of drug-likeness (QED) is 0.474. The molecule has 0 atom stereocenters. The van der Waals surface area contributed by atoms with E-state index in [0.29, 0.717) is 12.2 Å². The van der Waals surface area contributed by atoms with E-state index >= 15 is 0 Å². The van der Waals surface area contributed by atoms with Gasteiger partial charge in [-0.2, -0.15) is 0 Å². The minimum atomic E-state index is -0.370. The second-order valence-electron chi connectivity index (χ2n) is 5.47. The minimum absolute atomic E-state index is 0.139. The van der Waals surface area contributed by atoms with Crippen LogP contribution in [0.3, 0.4) is 0 Å². The number of hydrogen-bond acceptors (Lipinski definition) is 5. The number of rotatable bonds is 4. The maximum absolute atomic E-state index is 11.8. The Morgan fingerprint density at radius 2 is 1.54 bits per heavy atom. The van der Waals surface area contributed by atoms with Gasteiger partial charge in [-0.1, -0.05) is 12.1 Å². The summed E-state index contributed by atoms with van der Waals surface area (Å²) in [6, 6.07) is 15.0. The van der Waals surface area contributed by atoms with Crippen molar-refractivity contribution < 1.29 is 10.2 Å². The lowest BCUT2D eigenvalue weighted by Gasteiger charge is -2.13. The van der Waals surface area contributed by atoms with E-state index in [1.807, 2.05) is 0 Å². The van der Waals surface area contributed by atoms with Crippen LogP contribution in [0.15, 0.2) is 59.4 Å². The molecule has 6 heteroatoms. The van der Waals surface area contributed by atoms with Crippen LogP contribution in [0.4, 0.5) is 17.2 Å². The molecule has 0 saturated heterocycles. The summed E-state index contributed by atoms with van der Waals surface area (Å²) in [6.45, 7) is 0. The molecular weight excluding hydrogens is 306 g/mol. The Morgan fingerprint density at radius 1 is 0.958 bits per heavy atom. The topological polar surface area (TPSA) is 111 Å². The zero-order valence-electron chi connectivity index (χ0n) is 12.8. The fourth-order valence-corrected chi connectivity index (χ4v) is 2.37. The third-order valence-corrected chi connectivity index (χ3v) is 3.62. The Labute approximate surface area is 138 Å². The number of phenolic OH excluding ortho intramolecular Hbond substituents is 2. The summed E-state index contributed by atoms with van der Waals surface area (Å²) in [4.78, 5) is 14.6. The summed E-state index contributed by atoms with van der Waals surface area (Å²) in [7, 11) is 0. The molecule has 0 amide bonds. The molecule has 0 saturated carbocycles. The third kappa shape index (κ3) is 3.49. The first-order valence-corrected chi connectivity index (χ1v) is 7.37. The first-order valence-electron chi connectivity index (χ1n) is 7.37. The van der Waals surface area contributed by atoms with Crippen molar-refractivity contribution in [2.75, 3.05) is 11.1 Å². The van der Waals surface area contributed by atoms with Crippen molar-refractivity contribution in [1.29, 1.82) is 0 Å². The minimum Gasteiger partial charge on any atom is -0.508 e. The Kier molecular flexibility index (Phi) is 4.11. The standard InChI is InChI=1S/C18H17N3O3/c19-16-10-12(9-11-1-5-14(22)6-2-11)17(21-18(16)24)20-13-3-7-15(23)8-4-13/h1-8,10,22-23H,9,19H2,(H2,20,21,24). The molecule has 0 fully saturated rings. The van der Waals surface area contributed by atoms with E-state index in [-0.39, 0.29) is 22.7 Å². The van der Waals surface area contributed by atoms with Crippen LogP contribution in [0.2, 0.25) is 0 Å². The lowest BCUT2D eigenvalue weighted by Crippen LogP contribution is -2.15. The van der Waals surface area contributed by atoms with E-state index in [4.69, 9.17) is 5.73 Å². The van der Waals surface area contributed by atoms with Gasteiger partial charge in [0.25, 0.3) is 5.56 Å². The van der Waals surface area contributed by atoms with Crippen molar-refractivity contribution in [3.63, 3.8) is 0 Å². The number of aromatic nitrogens is 1. The monoisotopic (exact) mass is 323 g/mol. The van der Waals surface area contributed by atoms with Crippen LogP contribution in [0.1, 0.15) is 11.1 Å². The summed E-state index contributed by atoms with van der Waals surface area (Å²) < 4.78 is 0. The van der Waals surface area contributed by atoms with Crippen LogP contribution in [0, 0.1) is 0 Å². The second-order valence-corrected chi connectivity index (χ2v) is 5.47. The Hall–Kier alpha value is -3.41. The number of nitrogens with two attached hydrogens (primary N) is 1. The zero-order valence-corrected chi connectivity index (χ0v) is 12.8. The van der Waals surface area contributed by atoms with Gasteiger partial charge in [0.05, 0.1) is 5.69 Å². The van der Waals surface area contributed by atoms with Crippen LogP contribution in [-0.4, -0.2) is 15.2 Å². The van der Waals surface area contributed by atoms with Crippen LogP contribution >= 0.6 is 0 Å². The summed E-state index contributed by atoms with van der Waals surface area (Å²) in [5, 5.41) is 21.9. The molecule has 6 N–H and O–H groups in total. The summed E-state index contributed by atoms with van der Waals surface area (Å²) in [6.07, 6.45) is 0.529. The van der Waals surface area contributed by atoms with Crippen LogP contribution < -0.4 is 16.6 Å². The number of nitrogen functional groups attached to an aromatic ring is 1. The molecular formula is C18H17N3O3. The van der Waals surface area contributed by atoms with Gasteiger partial charge in [0.2, 0.25) is 0 Å². The van der Waals surface area contributed by atoms with Crippen molar-refractivity contribution in [2.45, 2.75) is 6.42 Å². The number of anilines is 3. The van der Waals surface area contributed by atoms with Gasteiger partial charge in [-0.15, -0.1) is 0 Å². The Balaban J connectivity index is 1.95. The highest BCUT2D eigenvalue weighted by Gasteiger charge is 2.09. The van der Waals surface area contributed by atoms with Gasteiger partial charge in [0.1, 0.15) is 17.3 Å². The van der Waals surface area contributed by atoms with Crippen LogP contribution in [-0.2, 0) is 6.42 Å². The van der Waals surface area contributed by atoms with Gasteiger partial charge in [-0.05, 0) is 53.6 Å². The number of phenols is 2. The fourth-order valence-electron chi connectivity index (χ4n) is 2.37. The highest BCUT2D eigenvalue weighted by molar-refractivity contribution is 5.62. The number of nitrogens with one attached hydrogen (secondary N) is 2. The number of hydrogen-bond donors (Lipinski definition) is 5. The van der Waals surface area contributed by atoms with Crippen LogP contribution in [0.5, 0.6) is 11.5 Å². The summed E-state index contributed by atoms with van der Waals surface area (Å²) in [5.41, 5.74) is 8.00. The number of aromatic hydroxyl groups is 2. The van der Waals surface area contributed by atoms with Crippen LogP contribution in [0.25, 0.3) is 0 Å². The first kappa shape index (κ1) is 15.5. The SMILES string of the molecule is Nc1cc(Cc2ccc(O)cc2)c(Nc2ccc(O)cc2)[nH]c1=O. The molecule has 0 aliphatic rings. The van der Waals surface area contributed by atoms with Gasteiger partial charge in [-0.25, -0.2) is 0 Å². The van der Waals surface area contributed by atoms with Crippen molar-refractivity contribution >= 4 is 17.2 Å². The largest absolute Gasteiger partial charge is 0.508 e. The van der Waals surface area contributed by atoms with Gasteiger partial charge >= 0.3 is 0 Å². The molecule has 122 valence electrons. The van der Waals surface area contributed by atoms with Crippen molar-refractivity contribution in [1.82, 2.24) is 4.98 Å². The second kappa shape index (κ2) is 6.37. The number of H-pyrrole nitrogens is 1. The molecule has 0 aliphatic heterocycles. The maximum Gasteiger partial charge on any atom is 0.272 e. The molecule has 1 heterocycles. The number of benzene rings is 2. The zero-order chi connectivity index (χ0) is 17.1. The van der Waals surface area contributed by atoms with Gasteiger partial charge < -0.3 is 26.2 Å². The molecule has 6 nitrogen and oxygen atoms in total. The molecule has 0 radical (unpaired) electrons. The molecule has 0 spiro atoms. The van der Waals surface area contributed by atoms with E-state index in [1.54, 1.807) is 54.6 Å². The Morgan fingerprint density at radius 3 is 2.17 bits per heavy atom. The highest BCUT2D eigenvalue weighted by Crippen LogP contribution is 2.23. The van der Waals surface area contributed by atoms with E-state index < -0.39 is 0 Å². The predicted octanol–water partition coefficient (Wildman–Crippen LogP) is 2.70. The molecule has 0 bridgehead atoms. The average molecular weight is 323 g/mol. The van der Waals surface area contributed by atoms with E-state index in [9.17, 15) is 15.0 Å². The summed E-state index contributed by atoms with van der Waals surface area (Å²) >= 11 is 0. The lowest BCUT2D eigenvalue weighted by atomic mass is 10.0. The molecule has 0 aliphatic carbocycles. The molecule has 0 unspecified atom stereocenters. The van der Waals surface area contributed by atoms with Crippen molar-refractivity contribution in [3.8, 4) is 11.5 Å². The first-order chi connectivity index (χ1) is 11.5. The molecule has 24 heavy (non-hydrogen) atoms. The van der Waals surface area contributed by atoms with Gasteiger partial charge in [-0.3, -0.25) is 4.79 Å². The predicted molar refractivity (Wildman–Crippen MR) is 93.8 cm³/mol. The smallest absolute Gasteiger partial charge is 0.272 e. The van der Waals surface area contributed by atoms with E-state index in [2.05, 4.69) is 10.3 Å². The molecule has 2 aromatic carbocycles. The number of aromatic amines is 1. The molecule has 3 aromatic rings. The van der Waals surface area contributed by atoms with E-state index in [1.165, 1.54) is 0 Å². The normalized spacial score (nSPS) is 10.5. The van der Waals surface area contributed by atoms with Gasteiger partial charge in [0.15, 0.2) is 0 Å². The molecule has 1 aromatic heterocycles. The van der Waals surface area contributed by atoms with Gasteiger partial charge in [0, 0.05) is 12.1 Å². The summed E-state index contributed by atoms with van der Waals surface area (Å²) in [5.74, 6) is 0.894. The Bertz CT molecular complexity index is 900. The lowest BCUT2D eigenvalue weighted by molar-refractivity contribution is 0.474. The maximum atomic E-state index is 11.8. The average Bonchev–Trinajstić information content (AvgIpc) is 2.56. The highest BCUT2D eigenvalue weighted by atomic mass is 16.3. The number of pyridine rings is 1. The molecule has 3 rings (SSSR count). The fraction of sp³-hybridized carbons (Fsp3) is 0.0556. The third-order valence-electron chi connectivity index (χ3n) is 3.62. The van der Waals surface area contributed by atoms with E-state index in [0.717, 1.165) is 16.8 Å². The van der Waals surface area contributed by atoms with Crippen molar-refractivity contribution in [2.24, 2.45) is 0 Å². The van der Waals surface area contributed by atoms with Crippen molar-refractivity contribution in [3.05, 3.63) is 76.1 Å².